The molecule has 6 aliphatic heterocycles. The summed E-state index contributed by atoms with van der Waals surface area (Å²) in [6.45, 7) is 11.3. The van der Waals surface area contributed by atoms with E-state index in [0.29, 0.717) is 46.1 Å². The van der Waals surface area contributed by atoms with Gasteiger partial charge in [-0.15, -0.1) is 0 Å². The van der Waals surface area contributed by atoms with Gasteiger partial charge in [-0.25, -0.2) is 19.6 Å². The van der Waals surface area contributed by atoms with Crippen molar-refractivity contribution in [2.75, 3.05) is 7.11 Å². The Bertz CT molecular complexity index is 1790. The first kappa shape index (κ1) is 29.5. The maximum absolute atomic E-state index is 13.5. The quantitative estimate of drug-likeness (QED) is 0.328. The first-order valence-corrected chi connectivity index (χ1v) is 15.0. The number of cyclic esters (lactones) is 2. The Balaban J connectivity index is 1.65. The van der Waals surface area contributed by atoms with Crippen molar-refractivity contribution in [2.45, 2.75) is 60.8 Å². The van der Waals surface area contributed by atoms with Crippen LogP contribution < -0.4 is 0 Å². The molecule has 4 atom stereocenters. The van der Waals surface area contributed by atoms with Gasteiger partial charge in [0.25, 0.3) is 0 Å². The molecule has 1 fully saturated rings. The van der Waals surface area contributed by atoms with E-state index >= 15 is 0 Å². The van der Waals surface area contributed by atoms with Crippen LogP contribution >= 0.6 is 0 Å². The summed E-state index contributed by atoms with van der Waals surface area (Å²) in [4.78, 5) is 71.2. The summed E-state index contributed by atoms with van der Waals surface area (Å²) in [7, 11) is 1.33. The first-order chi connectivity index (χ1) is 20.9. The minimum atomic E-state index is -0.824. The van der Waals surface area contributed by atoms with E-state index < -0.39 is 11.9 Å². The van der Waals surface area contributed by atoms with Crippen molar-refractivity contribution < 1.29 is 28.7 Å². The minimum Gasteiger partial charge on any atom is -0.469 e. The van der Waals surface area contributed by atoms with Gasteiger partial charge in [-0.2, -0.15) is 0 Å². The third kappa shape index (κ3) is 4.55. The Morgan fingerprint density at radius 1 is 0.864 bits per heavy atom. The summed E-state index contributed by atoms with van der Waals surface area (Å²) in [5.74, 6) is -2.54. The summed E-state index contributed by atoms with van der Waals surface area (Å²) in [6, 6.07) is 0. The summed E-state index contributed by atoms with van der Waals surface area (Å²) in [5, 5.41) is 0. The zero-order chi connectivity index (χ0) is 31.6. The van der Waals surface area contributed by atoms with Gasteiger partial charge in [0.15, 0.2) is 5.78 Å². The minimum absolute atomic E-state index is 0.0521. The molecule has 8 bridgehead atoms. The maximum Gasteiger partial charge on any atom is 0.350 e. The monoisotopic (exact) mass is 594 g/mol. The average molecular weight is 595 g/mol. The maximum atomic E-state index is 13.5. The molecule has 0 spiro atoms. The van der Waals surface area contributed by atoms with Crippen LogP contribution in [0.15, 0.2) is 88.9 Å². The van der Waals surface area contributed by atoms with Crippen LogP contribution in [0.1, 0.15) is 60.8 Å². The molecule has 0 N–H and O–H groups in total. The Kier molecular flexibility index (Phi) is 7.26. The second kappa shape index (κ2) is 10.8. The number of Topliss-reactive ketones (excluding diaryl/α,β-unsaturated/α-hetero) is 1. The summed E-state index contributed by atoms with van der Waals surface area (Å²) >= 11 is 0. The van der Waals surface area contributed by atoms with Gasteiger partial charge in [0.1, 0.15) is 5.57 Å². The van der Waals surface area contributed by atoms with E-state index in [1.165, 1.54) is 14.0 Å². The van der Waals surface area contributed by atoms with Crippen LogP contribution in [0.25, 0.3) is 0 Å². The number of allylic oxidation sites excluding steroid dienone is 8. The highest BCUT2D eigenvalue weighted by Crippen LogP contribution is 2.43. The lowest BCUT2D eigenvalue weighted by Crippen LogP contribution is -2.32. The molecule has 10 nitrogen and oxygen atoms in total. The first-order valence-electron chi connectivity index (χ1n) is 15.0. The zero-order valence-corrected chi connectivity index (χ0v) is 25.9. The Labute approximate surface area is 255 Å². The molecule has 0 aromatic heterocycles. The molecule has 6 heterocycles. The number of carbonyl (C=O) groups is 4. The number of esters is 3. The van der Waals surface area contributed by atoms with Gasteiger partial charge in [-0.05, 0) is 63.0 Å². The second-order valence-corrected chi connectivity index (χ2v) is 12.0. The average Bonchev–Trinajstić information content (AvgIpc) is 3.65. The van der Waals surface area contributed by atoms with E-state index in [4.69, 9.17) is 29.4 Å². The van der Waals surface area contributed by atoms with E-state index in [2.05, 4.69) is 13.8 Å². The lowest BCUT2D eigenvalue weighted by molar-refractivity contribution is -0.154. The third-order valence-electron chi connectivity index (χ3n) is 9.48. The largest absolute Gasteiger partial charge is 0.469 e. The molecule has 0 aromatic carbocycles. The number of rotatable bonds is 5. The Morgan fingerprint density at radius 3 is 2.23 bits per heavy atom. The number of hydrogen-bond acceptors (Lipinski definition) is 10. The smallest absolute Gasteiger partial charge is 0.350 e. The van der Waals surface area contributed by atoms with Gasteiger partial charge in [0.2, 0.25) is 0 Å². The van der Waals surface area contributed by atoms with Gasteiger partial charge in [-0.3, -0.25) is 19.6 Å². The second-order valence-electron chi connectivity index (χ2n) is 12.0. The van der Waals surface area contributed by atoms with E-state index in [0.717, 1.165) is 23.4 Å². The van der Waals surface area contributed by atoms with Gasteiger partial charge >= 0.3 is 17.9 Å². The molecule has 0 aliphatic carbocycles. The molecule has 6 aliphatic rings. The Hall–Kier alpha value is -4.60. The van der Waals surface area contributed by atoms with Crippen LogP contribution in [0, 0.1) is 23.7 Å². The van der Waals surface area contributed by atoms with Gasteiger partial charge in [0, 0.05) is 52.8 Å². The van der Waals surface area contributed by atoms with Crippen molar-refractivity contribution >= 4 is 46.5 Å². The topological polar surface area (TPSA) is 136 Å². The van der Waals surface area contributed by atoms with Crippen molar-refractivity contribution in [1.82, 2.24) is 0 Å². The van der Waals surface area contributed by atoms with Crippen molar-refractivity contribution in [1.29, 1.82) is 0 Å². The summed E-state index contributed by atoms with van der Waals surface area (Å²) < 4.78 is 10.2. The van der Waals surface area contributed by atoms with Crippen LogP contribution in [-0.2, 0) is 28.7 Å². The molecular formula is C34H34N4O6. The molecule has 0 aromatic rings. The summed E-state index contributed by atoms with van der Waals surface area (Å²) in [5.41, 5.74) is 6.75. The van der Waals surface area contributed by atoms with E-state index in [1.807, 2.05) is 32.1 Å². The normalized spacial score (nSPS) is 27.5. The van der Waals surface area contributed by atoms with E-state index in [9.17, 15) is 19.2 Å². The highest BCUT2D eigenvalue weighted by atomic mass is 16.6. The summed E-state index contributed by atoms with van der Waals surface area (Å²) in [6.07, 6.45) is 6.88. The molecule has 0 radical (unpaired) electrons. The van der Waals surface area contributed by atoms with E-state index in [1.54, 1.807) is 6.92 Å². The van der Waals surface area contributed by atoms with Crippen molar-refractivity contribution in [3.05, 3.63) is 68.9 Å². The van der Waals surface area contributed by atoms with Gasteiger partial charge in [0.05, 0.1) is 41.2 Å². The van der Waals surface area contributed by atoms with Crippen LogP contribution in [0.4, 0.5) is 0 Å². The van der Waals surface area contributed by atoms with Crippen LogP contribution in [-0.4, -0.2) is 53.6 Å². The zero-order valence-electron chi connectivity index (χ0n) is 25.9. The van der Waals surface area contributed by atoms with Crippen LogP contribution in [0.5, 0.6) is 0 Å². The fourth-order valence-electron chi connectivity index (χ4n) is 6.94. The standard InChI is InChI=1S/C34H34N4O6/c1-8-19-14(2)21-13-26-28(18(6)39)16(4)23(36-26)11-22-15(3)20(9-10-27(40)43-7)31(37-22)30-32-29(33(41)44-34(30)42)17(5)24(38-32)12-25(19)35-21/h11-15,19-20H,8-10H2,1-7H3/t14-,15-,19-,20+/m0/s1. The number of hydrogen-bond donors (Lipinski definition) is 0. The predicted octanol–water partition coefficient (Wildman–Crippen LogP) is 4.90. The molecular weight excluding hydrogens is 560 g/mol. The fourth-order valence-corrected chi connectivity index (χ4v) is 6.94. The van der Waals surface area contributed by atoms with Crippen molar-refractivity contribution in [3.63, 3.8) is 0 Å². The van der Waals surface area contributed by atoms with E-state index in [-0.39, 0.29) is 58.7 Å². The molecule has 0 saturated carbocycles. The van der Waals surface area contributed by atoms with Crippen LogP contribution in [0.2, 0.25) is 0 Å². The number of ether oxygens (including phenoxy) is 2. The number of methoxy groups -OCH3 is 1. The fraction of sp³-hybridized carbons (Fsp3) is 0.412. The SMILES string of the molecule is CC[C@@H]1C2=NC(=CC3=NC(=CC4=NC(=C5C(=O)OC(=O)C6=C(C)C(=C2)N=C65)[C@H](CCC(=O)OC)[C@@H]4C)C(C)=C3C(C)=O)[C@H]1C. The number of fused-ring (bicyclic) bond motifs is 4. The molecule has 1 saturated heterocycles. The highest BCUT2D eigenvalue weighted by molar-refractivity contribution is 6.42. The molecule has 10 heteroatoms. The number of aliphatic imine (C=N–C) groups is 4. The molecule has 0 amide bonds. The molecule has 44 heavy (non-hydrogen) atoms. The lowest BCUT2D eigenvalue weighted by Gasteiger charge is -2.21. The number of ketones is 1. The van der Waals surface area contributed by atoms with Crippen molar-refractivity contribution in [3.8, 4) is 0 Å². The van der Waals surface area contributed by atoms with Gasteiger partial charge < -0.3 is 9.47 Å². The molecule has 226 valence electrons. The number of nitrogens with zero attached hydrogens (tertiary/aromatic N) is 4. The predicted molar refractivity (Wildman–Crippen MR) is 165 cm³/mol. The third-order valence-corrected chi connectivity index (χ3v) is 9.48. The number of carbonyl (C=O) groups excluding carboxylic acids is 4. The van der Waals surface area contributed by atoms with Crippen molar-refractivity contribution in [2.24, 2.45) is 43.6 Å². The van der Waals surface area contributed by atoms with Crippen LogP contribution in [0.3, 0.4) is 0 Å². The molecule has 6 rings (SSSR count). The van der Waals surface area contributed by atoms with Gasteiger partial charge in [-0.1, -0.05) is 20.8 Å². The molecule has 0 unspecified atom stereocenters. The Morgan fingerprint density at radius 2 is 1.55 bits per heavy atom. The highest BCUT2D eigenvalue weighted by Gasteiger charge is 2.45. The lowest BCUT2D eigenvalue weighted by atomic mass is 9.83.